The second-order valence-electron chi connectivity index (χ2n) is 5.80. The monoisotopic (exact) mass is 289 g/mol. The van der Waals surface area contributed by atoms with Gasteiger partial charge in [0.15, 0.2) is 0 Å². The van der Waals surface area contributed by atoms with E-state index in [9.17, 15) is 14.7 Å². The molecule has 4 heteroatoms. The Kier molecular flexibility index (Phi) is 5.78. The van der Waals surface area contributed by atoms with Crippen molar-refractivity contribution in [3.8, 4) is 0 Å². The van der Waals surface area contributed by atoms with E-state index < -0.39 is 11.9 Å². The largest absolute Gasteiger partial charge is 0.481 e. The first-order valence-electron chi connectivity index (χ1n) is 7.71. The van der Waals surface area contributed by atoms with E-state index in [-0.39, 0.29) is 18.4 Å². The molecule has 1 fully saturated rings. The molecule has 1 saturated carbocycles. The SMILES string of the molecule is O=C(O)C(CNC(=O)C1CCCCC1)Cc1ccccc1. The first-order chi connectivity index (χ1) is 10.2. The van der Waals surface area contributed by atoms with E-state index in [1.54, 1.807) is 0 Å². The van der Waals surface area contributed by atoms with Crippen molar-refractivity contribution in [1.82, 2.24) is 5.32 Å². The van der Waals surface area contributed by atoms with Crippen molar-refractivity contribution < 1.29 is 14.7 Å². The Morgan fingerprint density at radius 3 is 2.43 bits per heavy atom. The zero-order valence-electron chi connectivity index (χ0n) is 12.3. The second kappa shape index (κ2) is 7.81. The molecule has 0 heterocycles. The number of nitrogens with one attached hydrogen (secondary N) is 1. The van der Waals surface area contributed by atoms with Crippen LogP contribution in [0.5, 0.6) is 0 Å². The summed E-state index contributed by atoms with van der Waals surface area (Å²) in [7, 11) is 0. The summed E-state index contributed by atoms with van der Waals surface area (Å²) in [5, 5.41) is 12.1. The van der Waals surface area contributed by atoms with Gasteiger partial charge in [0.1, 0.15) is 0 Å². The Hall–Kier alpha value is -1.84. The van der Waals surface area contributed by atoms with Crippen LogP contribution in [0.15, 0.2) is 30.3 Å². The Bertz CT molecular complexity index is 466. The number of carboxylic acids is 1. The number of aliphatic carboxylic acids is 1. The molecular formula is C17H23NO3. The van der Waals surface area contributed by atoms with Crippen LogP contribution in [0.4, 0.5) is 0 Å². The van der Waals surface area contributed by atoms with Gasteiger partial charge in [0.2, 0.25) is 5.91 Å². The lowest BCUT2D eigenvalue weighted by molar-refractivity contribution is -0.141. The smallest absolute Gasteiger partial charge is 0.308 e. The summed E-state index contributed by atoms with van der Waals surface area (Å²) >= 11 is 0. The molecule has 1 amide bonds. The van der Waals surface area contributed by atoms with E-state index in [1.807, 2.05) is 30.3 Å². The van der Waals surface area contributed by atoms with Crippen molar-refractivity contribution in [3.63, 3.8) is 0 Å². The Morgan fingerprint density at radius 1 is 1.14 bits per heavy atom. The van der Waals surface area contributed by atoms with E-state index in [2.05, 4.69) is 5.32 Å². The summed E-state index contributed by atoms with van der Waals surface area (Å²) < 4.78 is 0. The zero-order valence-corrected chi connectivity index (χ0v) is 12.3. The molecule has 0 spiro atoms. The minimum Gasteiger partial charge on any atom is -0.481 e. The van der Waals surface area contributed by atoms with Gasteiger partial charge in [0.05, 0.1) is 5.92 Å². The summed E-state index contributed by atoms with van der Waals surface area (Å²) in [6.45, 7) is 0.208. The van der Waals surface area contributed by atoms with E-state index in [1.165, 1.54) is 6.42 Å². The number of carbonyl (C=O) groups excluding carboxylic acids is 1. The molecule has 0 aromatic heterocycles. The first kappa shape index (κ1) is 15.5. The minimum absolute atomic E-state index is 0.0222. The van der Waals surface area contributed by atoms with Crippen molar-refractivity contribution in [3.05, 3.63) is 35.9 Å². The first-order valence-corrected chi connectivity index (χ1v) is 7.71. The lowest BCUT2D eigenvalue weighted by Gasteiger charge is -2.22. The maximum absolute atomic E-state index is 12.1. The summed E-state index contributed by atoms with van der Waals surface area (Å²) in [5.74, 6) is -1.33. The molecule has 1 aromatic rings. The minimum atomic E-state index is -0.859. The second-order valence-corrected chi connectivity index (χ2v) is 5.80. The van der Waals surface area contributed by atoms with Crippen LogP contribution >= 0.6 is 0 Å². The number of amides is 1. The van der Waals surface area contributed by atoms with E-state index >= 15 is 0 Å². The molecule has 4 nitrogen and oxygen atoms in total. The van der Waals surface area contributed by atoms with Gasteiger partial charge in [-0.05, 0) is 24.8 Å². The van der Waals surface area contributed by atoms with Crippen LogP contribution in [0.1, 0.15) is 37.7 Å². The summed E-state index contributed by atoms with van der Waals surface area (Å²) in [5.41, 5.74) is 0.983. The summed E-state index contributed by atoms with van der Waals surface area (Å²) in [6.07, 6.45) is 5.72. The number of hydrogen-bond acceptors (Lipinski definition) is 2. The molecule has 2 rings (SSSR count). The average molecular weight is 289 g/mol. The lowest BCUT2D eigenvalue weighted by atomic mass is 9.88. The van der Waals surface area contributed by atoms with Crippen LogP contribution in [-0.4, -0.2) is 23.5 Å². The normalized spacial score (nSPS) is 17.1. The molecule has 1 unspecified atom stereocenters. The predicted molar refractivity (Wildman–Crippen MR) is 80.9 cm³/mol. The van der Waals surface area contributed by atoms with E-state index in [0.717, 1.165) is 31.2 Å². The number of rotatable bonds is 6. The third-order valence-electron chi connectivity index (χ3n) is 4.17. The fourth-order valence-electron chi connectivity index (χ4n) is 2.88. The molecule has 114 valence electrons. The van der Waals surface area contributed by atoms with Gasteiger partial charge < -0.3 is 10.4 Å². The topological polar surface area (TPSA) is 66.4 Å². The number of carboxylic acid groups (broad SMARTS) is 1. The van der Waals surface area contributed by atoms with E-state index in [4.69, 9.17) is 0 Å². The van der Waals surface area contributed by atoms with Crippen LogP contribution in [0.3, 0.4) is 0 Å². The standard InChI is InChI=1S/C17H23NO3/c19-16(14-9-5-2-6-10-14)18-12-15(17(20)21)11-13-7-3-1-4-8-13/h1,3-4,7-8,14-15H,2,5-6,9-12H2,(H,18,19)(H,20,21). The molecule has 1 aromatic carbocycles. The molecule has 2 N–H and O–H groups in total. The van der Waals surface area contributed by atoms with Gasteiger partial charge in [-0.1, -0.05) is 49.6 Å². The van der Waals surface area contributed by atoms with Gasteiger partial charge in [-0.25, -0.2) is 0 Å². The fourth-order valence-corrected chi connectivity index (χ4v) is 2.88. The third kappa shape index (κ3) is 4.88. The van der Waals surface area contributed by atoms with Crippen LogP contribution in [0, 0.1) is 11.8 Å². The van der Waals surface area contributed by atoms with Crippen molar-refractivity contribution >= 4 is 11.9 Å². The van der Waals surface area contributed by atoms with Crippen molar-refractivity contribution in [2.75, 3.05) is 6.54 Å². The van der Waals surface area contributed by atoms with Crippen molar-refractivity contribution in [2.24, 2.45) is 11.8 Å². The zero-order chi connectivity index (χ0) is 15.1. The molecular weight excluding hydrogens is 266 g/mol. The molecule has 21 heavy (non-hydrogen) atoms. The van der Waals surface area contributed by atoms with Crippen LogP contribution in [0.25, 0.3) is 0 Å². The molecule has 0 radical (unpaired) electrons. The quantitative estimate of drug-likeness (QED) is 0.846. The highest BCUT2D eigenvalue weighted by atomic mass is 16.4. The Balaban J connectivity index is 1.85. The van der Waals surface area contributed by atoms with Crippen LogP contribution in [-0.2, 0) is 16.0 Å². The molecule has 1 aliphatic carbocycles. The number of hydrogen-bond donors (Lipinski definition) is 2. The molecule has 0 saturated heterocycles. The average Bonchev–Trinajstić information content (AvgIpc) is 2.52. The van der Waals surface area contributed by atoms with Crippen molar-refractivity contribution in [2.45, 2.75) is 38.5 Å². The van der Waals surface area contributed by atoms with Gasteiger partial charge in [-0.3, -0.25) is 9.59 Å². The highest BCUT2D eigenvalue weighted by Crippen LogP contribution is 2.23. The molecule has 1 aliphatic rings. The Morgan fingerprint density at radius 2 is 1.81 bits per heavy atom. The highest BCUT2D eigenvalue weighted by Gasteiger charge is 2.23. The summed E-state index contributed by atoms with van der Waals surface area (Å²) in [4.78, 5) is 23.4. The highest BCUT2D eigenvalue weighted by molar-refractivity contribution is 5.79. The fraction of sp³-hybridized carbons (Fsp3) is 0.529. The Labute approximate surface area is 125 Å². The predicted octanol–water partition coefficient (Wildman–Crippen LogP) is 2.63. The van der Waals surface area contributed by atoms with Crippen LogP contribution in [0.2, 0.25) is 0 Å². The number of benzene rings is 1. The molecule has 0 aliphatic heterocycles. The van der Waals surface area contributed by atoms with Crippen LogP contribution < -0.4 is 5.32 Å². The number of carbonyl (C=O) groups is 2. The van der Waals surface area contributed by atoms with E-state index in [0.29, 0.717) is 6.42 Å². The molecule has 0 bridgehead atoms. The van der Waals surface area contributed by atoms with Crippen molar-refractivity contribution in [1.29, 1.82) is 0 Å². The summed E-state index contributed by atoms with van der Waals surface area (Å²) in [6, 6.07) is 9.53. The van der Waals surface area contributed by atoms with Gasteiger partial charge in [0.25, 0.3) is 0 Å². The maximum atomic E-state index is 12.1. The van der Waals surface area contributed by atoms with Gasteiger partial charge in [0, 0.05) is 12.5 Å². The van der Waals surface area contributed by atoms with Gasteiger partial charge >= 0.3 is 5.97 Å². The third-order valence-corrected chi connectivity index (χ3v) is 4.17. The van der Waals surface area contributed by atoms with Gasteiger partial charge in [-0.15, -0.1) is 0 Å². The molecule has 1 atom stereocenters. The lowest BCUT2D eigenvalue weighted by Crippen LogP contribution is -2.38. The van der Waals surface area contributed by atoms with Gasteiger partial charge in [-0.2, -0.15) is 0 Å². The maximum Gasteiger partial charge on any atom is 0.308 e.